The zero-order valence-corrected chi connectivity index (χ0v) is 13.1. The molecule has 0 heterocycles. The van der Waals surface area contributed by atoms with Crippen LogP contribution in [0.2, 0.25) is 0 Å². The van der Waals surface area contributed by atoms with Crippen LogP contribution in [0.4, 0.5) is 4.79 Å². The molecule has 0 aliphatic carbocycles. The summed E-state index contributed by atoms with van der Waals surface area (Å²) in [6.45, 7) is 13.8. The second-order valence-electron chi connectivity index (χ2n) is 5.27. The van der Waals surface area contributed by atoms with Crippen LogP contribution >= 0.6 is 0 Å². The van der Waals surface area contributed by atoms with E-state index in [1.807, 2.05) is 33.8 Å². The van der Waals surface area contributed by atoms with Crippen LogP contribution in [0, 0.1) is 0 Å². The van der Waals surface area contributed by atoms with Crippen LogP contribution in [0.15, 0.2) is 24.5 Å². The third-order valence-electron chi connectivity index (χ3n) is 2.82. The Balaban J connectivity index is 4.68. The molecule has 0 bridgehead atoms. The number of hydrogen-bond donors (Lipinski definition) is 0. The maximum absolute atomic E-state index is 12.2. The lowest BCUT2D eigenvalue weighted by Gasteiger charge is -2.29. The highest BCUT2D eigenvalue weighted by atomic mass is 16.6. The maximum atomic E-state index is 12.2. The zero-order chi connectivity index (χ0) is 14.8. The largest absolute Gasteiger partial charge is 0.415 e. The third-order valence-corrected chi connectivity index (χ3v) is 2.82. The van der Waals surface area contributed by atoms with Crippen molar-refractivity contribution in [1.82, 2.24) is 4.90 Å². The molecule has 0 aromatic heterocycles. The molecule has 0 aliphatic rings. The molecule has 3 heteroatoms. The number of allylic oxidation sites excluding steroid dienone is 2. The van der Waals surface area contributed by atoms with Gasteiger partial charge in [-0.05, 0) is 46.6 Å². The SMILES string of the molecule is C=CCC(=CCCCC)OC(=O)N(C(C)C)C(C)C. The molecular weight excluding hydrogens is 238 g/mol. The number of amides is 1. The molecule has 0 saturated heterocycles. The second kappa shape index (κ2) is 9.65. The summed E-state index contributed by atoms with van der Waals surface area (Å²) in [5.74, 6) is 0.708. The number of unbranched alkanes of at least 4 members (excludes halogenated alkanes) is 2. The van der Waals surface area contributed by atoms with E-state index in [0.717, 1.165) is 19.3 Å². The van der Waals surface area contributed by atoms with E-state index in [0.29, 0.717) is 12.2 Å². The molecule has 0 fully saturated rings. The van der Waals surface area contributed by atoms with Gasteiger partial charge < -0.3 is 9.64 Å². The monoisotopic (exact) mass is 267 g/mol. The summed E-state index contributed by atoms with van der Waals surface area (Å²) in [5.41, 5.74) is 0. The Labute approximate surface area is 118 Å². The van der Waals surface area contributed by atoms with Crippen molar-refractivity contribution in [2.24, 2.45) is 0 Å². The fourth-order valence-corrected chi connectivity index (χ4v) is 1.96. The van der Waals surface area contributed by atoms with Crippen molar-refractivity contribution in [1.29, 1.82) is 0 Å². The first-order valence-electron chi connectivity index (χ1n) is 7.24. The lowest BCUT2D eigenvalue weighted by atomic mass is 10.2. The fraction of sp³-hybridized carbons (Fsp3) is 0.688. The van der Waals surface area contributed by atoms with E-state index in [4.69, 9.17) is 4.74 Å². The van der Waals surface area contributed by atoms with E-state index >= 15 is 0 Å². The summed E-state index contributed by atoms with van der Waals surface area (Å²) >= 11 is 0. The normalized spacial score (nSPS) is 11.8. The van der Waals surface area contributed by atoms with Crippen LogP contribution < -0.4 is 0 Å². The van der Waals surface area contributed by atoms with Crippen molar-refractivity contribution in [3.63, 3.8) is 0 Å². The van der Waals surface area contributed by atoms with Gasteiger partial charge in [-0.2, -0.15) is 0 Å². The topological polar surface area (TPSA) is 29.5 Å². The summed E-state index contributed by atoms with van der Waals surface area (Å²) in [6.07, 6.45) is 7.28. The lowest BCUT2D eigenvalue weighted by Crippen LogP contribution is -2.42. The van der Waals surface area contributed by atoms with Gasteiger partial charge in [0, 0.05) is 18.5 Å². The zero-order valence-electron chi connectivity index (χ0n) is 13.1. The van der Waals surface area contributed by atoms with Crippen LogP contribution in [-0.4, -0.2) is 23.1 Å². The van der Waals surface area contributed by atoms with Gasteiger partial charge >= 0.3 is 6.09 Å². The minimum Gasteiger partial charge on any atom is -0.415 e. The minimum absolute atomic E-state index is 0.133. The fourth-order valence-electron chi connectivity index (χ4n) is 1.96. The third kappa shape index (κ3) is 7.04. The molecule has 19 heavy (non-hydrogen) atoms. The second-order valence-corrected chi connectivity index (χ2v) is 5.27. The molecule has 0 aromatic rings. The van der Waals surface area contributed by atoms with E-state index in [9.17, 15) is 4.79 Å². The van der Waals surface area contributed by atoms with Gasteiger partial charge in [-0.15, -0.1) is 6.58 Å². The van der Waals surface area contributed by atoms with Gasteiger partial charge in [-0.25, -0.2) is 4.79 Å². The molecule has 110 valence electrons. The van der Waals surface area contributed by atoms with E-state index in [1.54, 1.807) is 11.0 Å². The summed E-state index contributed by atoms with van der Waals surface area (Å²) < 4.78 is 5.50. The Hall–Kier alpha value is -1.25. The number of ether oxygens (including phenoxy) is 1. The van der Waals surface area contributed by atoms with Gasteiger partial charge in [0.25, 0.3) is 0 Å². The number of carbonyl (C=O) groups excluding carboxylic acids is 1. The predicted molar refractivity (Wildman–Crippen MR) is 81.0 cm³/mol. The summed E-state index contributed by atoms with van der Waals surface area (Å²) in [7, 11) is 0. The molecular formula is C16H29NO2. The molecule has 0 atom stereocenters. The molecule has 0 aromatic carbocycles. The van der Waals surface area contributed by atoms with Crippen molar-refractivity contribution >= 4 is 6.09 Å². The van der Waals surface area contributed by atoms with Crippen LogP contribution in [0.3, 0.4) is 0 Å². The van der Waals surface area contributed by atoms with Crippen molar-refractivity contribution in [2.75, 3.05) is 0 Å². The van der Waals surface area contributed by atoms with E-state index in [1.165, 1.54) is 0 Å². The maximum Gasteiger partial charge on any atom is 0.415 e. The molecule has 1 amide bonds. The van der Waals surface area contributed by atoms with Gasteiger partial charge in [-0.1, -0.05) is 19.4 Å². The van der Waals surface area contributed by atoms with E-state index in [-0.39, 0.29) is 18.2 Å². The van der Waals surface area contributed by atoms with Crippen molar-refractivity contribution < 1.29 is 9.53 Å². The molecule has 0 saturated carbocycles. The number of nitrogens with zero attached hydrogens (tertiary/aromatic N) is 1. The highest BCUT2D eigenvalue weighted by molar-refractivity contribution is 5.69. The molecule has 3 nitrogen and oxygen atoms in total. The predicted octanol–water partition coefficient (Wildman–Crippen LogP) is 4.89. The van der Waals surface area contributed by atoms with Gasteiger partial charge in [0.05, 0.1) is 0 Å². The molecule has 0 N–H and O–H groups in total. The molecule has 0 unspecified atom stereocenters. The van der Waals surface area contributed by atoms with Crippen LogP contribution in [0.25, 0.3) is 0 Å². The molecule has 0 radical (unpaired) electrons. The van der Waals surface area contributed by atoms with Crippen molar-refractivity contribution in [2.45, 2.75) is 72.4 Å². The van der Waals surface area contributed by atoms with Crippen molar-refractivity contribution in [3.8, 4) is 0 Å². The molecule has 0 rings (SSSR count). The average molecular weight is 267 g/mol. The standard InChI is InChI=1S/C16H29NO2/c1-7-9-10-12-15(11-8-2)19-16(18)17(13(3)4)14(5)6/h8,12-14H,2,7,9-11H2,1,3-6H3. The Bertz CT molecular complexity index is 298. The Kier molecular flexibility index (Phi) is 9.02. The Morgan fingerprint density at radius 3 is 2.26 bits per heavy atom. The van der Waals surface area contributed by atoms with Crippen LogP contribution in [0.1, 0.15) is 60.3 Å². The van der Waals surface area contributed by atoms with Crippen LogP contribution in [-0.2, 0) is 4.74 Å². The van der Waals surface area contributed by atoms with E-state index < -0.39 is 0 Å². The number of carbonyl (C=O) groups is 1. The highest BCUT2D eigenvalue weighted by Crippen LogP contribution is 2.14. The lowest BCUT2D eigenvalue weighted by molar-refractivity contribution is 0.100. The van der Waals surface area contributed by atoms with Gasteiger partial charge in [0.1, 0.15) is 5.76 Å². The highest BCUT2D eigenvalue weighted by Gasteiger charge is 2.22. The Morgan fingerprint density at radius 2 is 1.84 bits per heavy atom. The smallest absolute Gasteiger partial charge is 0.415 e. The molecule has 0 spiro atoms. The van der Waals surface area contributed by atoms with Gasteiger partial charge in [0.15, 0.2) is 0 Å². The first-order valence-corrected chi connectivity index (χ1v) is 7.24. The first kappa shape index (κ1) is 17.8. The van der Waals surface area contributed by atoms with Crippen molar-refractivity contribution in [3.05, 3.63) is 24.5 Å². The van der Waals surface area contributed by atoms with E-state index in [2.05, 4.69) is 13.5 Å². The van der Waals surface area contributed by atoms with Gasteiger partial charge in [0.2, 0.25) is 0 Å². The van der Waals surface area contributed by atoms with Gasteiger partial charge in [-0.3, -0.25) is 0 Å². The quantitative estimate of drug-likeness (QED) is 0.356. The summed E-state index contributed by atoms with van der Waals surface area (Å²) in [6, 6.07) is 0.265. The minimum atomic E-state index is -0.269. The Morgan fingerprint density at radius 1 is 1.26 bits per heavy atom. The average Bonchev–Trinajstić information content (AvgIpc) is 2.28. The number of hydrogen-bond acceptors (Lipinski definition) is 2. The number of rotatable bonds is 8. The summed E-state index contributed by atoms with van der Waals surface area (Å²) in [4.78, 5) is 13.9. The summed E-state index contributed by atoms with van der Waals surface area (Å²) in [5, 5.41) is 0. The van der Waals surface area contributed by atoms with Crippen LogP contribution in [0.5, 0.6) is 0 Å². The molecule has 0 aliphatic heterocycles. The first-order chi connectivity index (χ1) is 8.93.